The Morgan fingerprint density at radius 3 is 2.38 bits per heavy atom. The Kier molecular flexibility index (Phi) is 2.86. The molecule has 2 rings (SSSR count). The van der Waals surface area contributed by atoms with Gasteiger partial charge in [-0.25, -0.2) is 8.42 Å². The average molecular weight is 242 g/mol. The molecule has 1 aliphatic heterocycles. The molecule has 88 valence electrons. The van der Waals surface area contributed by atoms with Gasteiger partial charge in [-0.05, 0) is 6.07 Å². The number of hydrogen-bond donors (Lipinski definition) is 0. The van der Waals surface area contributed by atoms with Crippen LogP contribution < -0.4 is 0 Å². The van der Waals surface area contributed by atoms with E-state index in [1.165, 1.54) is 4.31 Å². The zero-order valence-corrected chi connectivity index (χ0v) is 9.90. The van der Waals surface area contributed by atoms with E-state index in [-0.39, 0.29) is 5.78 Å². The topological polar surface area (TPSA) is 59.4 Å². The van der Waals surface area contributed by atoms with Gasteiger partial charge in [-0.2, -0.15) is 4.31 Å². The third-order valence-corrected chi connectivity index (χ3v) is 4.60. The van der Waals surface area contributed by atoms with Gasteiger partial charge in [0.25, 0.3) is 0 Å². The molecule has 0 bridgehead atoms. The van der Waals surface area contributed by atoms with Crippen LogP contribution in [0.1, 0.15) is 12.8 Å². The Morgan fingerprint density at radius 1 is 1.25 bits per heavy atom. The number of Topliss-reactive ketones (excluding diaryl/α,β-unsaturated/α-hetero) is 1. The first kappa shape index (κ1) is 11.3. The predicted molar refractivity (Wildman–Crippen MR) is 58.4 cm³/mol. The second-order valence-electron chi connectivity index (χ2n) is 3.96. The summed E-state index contributed by atoms with van der Waals surface area (Å²) in [6, 6.07) is 1.58. The van der Waals surface area contributed by atoms with Crippen molar-refractivity contribution in [3.8, 4) is 0 Å². The van der Waals surface area contributed by atoms with E-state index < -0.39 is 10.0 Å². The van der Waals surface area contributed by atoms with Gasteiger partial charge in [-0.1, -0.05) is 0 Å². The van der Waals surface area contributed by atoms with Crippen LogP contribution in [0.25, 0.3) is 0 Å². The summed E-state index contributed by atoms with van der Waals surface area (Å²) in [5, 5.41) is 0. The van der Waals surface area contributed by atoms with Crippen molar-refractivity contribution >= 4 is 15.8 Å². The van der Waals surface area contributed by atoms with Crippen LogP contribution in [0.5, 0.6) is 0 Å². The van der Waals surface area contributed by atoms with Crippen LogP contribution in [-0.4, -0.2) is 36.2 Å². The lowest BCUT2D eigenvalue weighted by molar-refractivity contribution is -0.120. The maximum absolute atomic E-state index is 12.1. The average Bonchev–Trinajstić information content (AvgIpc) is 2.66. The molecule has 0 atom stereocenters. The van der Waals surface area contributed by atoms with Crippen molar-refractivity contribution in [3.63, 3.8) is 0 Å². The third kappa shape index (κ3) is 2.03. The van der Waals surface area contributed by atoms with Gasteiger partial charge in [0, 0.05) is 45.4 Å². The summed E-state index contributed by atoms with van der Waals surface area (Å²) in [5.41, 5.74) is 0. The Hall–Kier alpha value is -1.14. The van der Waals surface area contributed by atoms with E-state index in [9.17, 15) is 13.2 Å². The molecule has 0 unspecified atom stereocenters. The molecule has 5 nitrogen and oxygen atoms in total. The molecule has 1 aromatic heterocycles. The van der Waals surface area contributed by atoms with Crippen molar-refractivity contribution in [2.24, 2.45) is 7.05 Å². The van der Waals surface area contributed by atoms with Crippen LogP contribution in [0.15, 0.2) is 23.4 Å². The quantitative estimate of drug-likeness (QED) is 0.753. The summed E-state index contributed by atoms with van der Waals surface area (Å²) in [5.74, 6) is 0.138. The number of carbonyl (C=O) groups is 1. The largest absolute Gasteiger partial charge is 0.356 e. The zero-order chi connectivity index (χ0) is 11.8. The van der Waals surface area contributed by atoms with Gasteiger partial charge in [-0.3, -0.25) is 4.79 Å². The second-order valence-corrected chi connectivity index (χ2v) is 5.89. The van der Waals surface area contributed by atoms with Crippen molar-refractivity contribution in [3.05, 3.63) is 18.5 Å². The van der Waals surface area contributed by atoms with Crippen molar-refractivity contribution in [2.75, 3.05) is 13.1 Å². The van der Waals surface area contributed by atoms with Crippen LogP contribution >= 0.6 is 0 Å². The smallest absolute Gasteiger partial charge is 0.244 e. The highest BCUT2D eigenvalue weighted by Gasteiger charge is 2.28. The van der Waals surface area contributed by atoms with Crippen LogP contribution in [0.2, 0.25) is 0 Å². The molecule has 16 heavy (non-hydrogen) atoms. The molecule has 0 saturated carbocycles. The molecule has 1 saturated heterocycles. The Labute approximate surface area is 94.7 Å². The van der Waals surface area contributed by atoms with Gasteiger partial charge in [0.05, 0.1) is 4.90 Å². The van der Waals surface area contributed by atoms with Crippen LogP contribution in [0, 0.1) is 0 Å². The maximum atomic E-state index is 12.1. The van der Waals surface area contributed by atoms with Gasteiger partial charge in [0.2, 0.25) is 10.0 Å². The van der Waals surface area contributed by atoms with Crippen molar-refractivity contribution in [1.29, 1.82) is 0 Å². The van der Waals surface area contributed by atoms with Gasteiger partial charge in [-0.15, -0.1) is 0 Å². The summed E-state index contributed by atoms with van der Waals surface area (Å²) in [4.78, 5) is 11.3. The molecular weight excluding hydrogens is 228 g/mol. The molecule has 0 aliphatic carbocycles. The second kappa shape index (κ2) is 4.03. The fourth-order valence-corrected chi connectivity index (χ4v) is 3.25. The van der Waals surface area contributed by atoms with E-state index in [0.29, 0.717) is 30.8 Å². The monoisotopic (exact) mass is 242 g/mol. The molecule has 1 aromatic rings. The number of sulfonamides is 1. The minimum atomic E-state index is -3.40. The number of ketones is 1. The SMILES string of the molecule is Cn1ccc(S(=O)(=O)N2CCC(=O)CC2)c1. The lowest BCUT2D eigenvalue weighted by atomic mass is 10.1. The molecule has 2 heterocycles. The van der Waals surface area contributed by atoms with Crippen molar-refractivity contribution < 1.29 is 13.2 Å². The van der Waals surface area contributed by atoms with E-state index in [1.54, 1.807) is 30.1 Å². The molecule has 0 amide bonds. The van der Waals surface area contributed by atoms with Crippen molar-refractivity contribution in [1.82, 2.24) is 8.87 Å². The highest BCUT2D eigenvalue weighted by Crippen LogP contribution is 2.19. The number of rotatable bonds is 2. The summed E-state index contributed by atoms with van der Waals surface area (Å²) in [7, 11) is -1.63. The standard InChI is InChI=1S/C10H14N2O3S/c1-11-5-4-10(8-11)16(14,15)12-6-2-9(13)3-7-12/h4-5,8H,2-3,6-7H2,1H3. The van der Waals surface area contributed by atoms with E-state index in [2.05, 4.69) is 0 Å². The van der Waals surface area contributed by atoms with Crippen molar-refractivity contribution in [2.45, 2.75) is 17.7 Å². The molecule has 0 N–H and O–H groups in total. The van der Waals surface area contributed by atoms with E-state index >= 15 is 0 Å². The molecule has 0 radical (unpaired) electrons. The minimum Gasteiger partial charge on any atom is -0.356 e. The summed E-state index contributed by atoms with van der Waals surface area (Å²) < 4.78 is 27.3. The first-order valence-electron chi connectivity index (χ1n) is 5.14. The molecule has 1 fully saturated rings. The molecule has 0 spiro atoms. The fraction of sp³-hybridized carbons (Fsp3) is 0.500. The number of aryl methyl sites for hydroxylation is 1. The predicted octanol–water partition coefficient (Wildman–Crippen LogP) is 0.379. The van der Waals surface area contributed by atoms with E-state index in [0.717, 1.165) is 0 Å². The third-order valence-electron chi connectivity index (χ3n) is 2.72. The molecule has 1 aliphatic rings. The molecule has 6 heteroatoms. The highest BCUT2D eigenvalue weighted by molar-refractivity contribution is 7.89. The number of carbonyl (C=O) groups excluding carboxylic acids is 1. The van der Waals surface area contributed by atoms with Gasteiger partial charge in [0.15, 0.2) is 0 Å². The first-order valence-corrected chi connectivity index (χ1v) is 6.58. The fourth-order valence-electron chi connectivity index (χ4n) is 1.76. The van der Waals surface area contributed by atoms with Crippen LogP contribution in [0.4, 0.5) is 0 Å². The Bertz CT molecular complexity index is 494. The normalized spacial score (nSPS) is 18.9. The van der Waals surface area contributed by atoms with Crippen LogP contribution in [-0.2, 0) is 21.9 Å². The maximum Gasteiger partial charge on any atom is 0.244 e. The van der Waals surface area contributed by atoms with Crippen LogP contribution in [0.3, 0.4) is 0 Å². The number of nitrogens with zero attached hydrogens (tertiary/aromatic N) is 2. The first-order chi connectivity index (χ1) is 7.50. The lowest BCUT2D eigenvalue weighted by Crippen LogP contribution is -2.38. The molecule has 0 aromatic carbocycles. The van der Waals surface area contributed by atoms with Gasteiger partial charge >= 0.3 is 0 Å². The van der Waals surface area contributed by atoms with Gasteiger partial charge in [0.1, 0.15) is 5.78 Å². The lowest BCUT2D eigenvalue weighted by Gasteiger charge is -2.24. The number of piperidine rings is 1. The summed E-state index contributed by atoms with van der Waals surface area (Å²) in [6.07, 6.45) is 3.92. The highest BCUT2D eigenvalue weighted by atomic mass is 32.2. The van der Waals surface area contributed by atoms with E-state index in [1.807, 2.05) is 0 Å². The van der Waals surface area contributed by atoms with Gasteiger partial charge < -0.3 is 4.57 Å². The Balaban J connectivity index is 2.23. The zero-order valence-electron chi connectivity index (χ0n) is 9.09. The number of hydrogen-bond acceptors (Lipinski definition) is 3. The Morgan fingerprint density at radius 2 is 1.88 bits per heavy atom. The minimum absolute atomic E-state index is 0.138. The number of aromatic nitrogens is 1. The van der Waals surface area contributed by atoms with E-state index in [4.69, 9.17) is 0 Å². The molecular formula is C10H14N2O3S. The summed E-state index contributed by atoms with van der Waals surface area (Å²) in [6.45, 7) is 0.603. The summed E-state index contributed by atoms with van der Waals surface area (Å²) >= 11 is 0.